The van der Waals surface area contributed by atoms with E-state index < -0.39 is 41.7 Å². The van der Waals surface area contributed by atoms with E-state index in [1.54, 1.807) is 0 Å². The highest BCUT2D eigenvalue weighted by Crippen LogP contribution is 2.28. The van der Waals surface area contributed by atoms with Crippen LogP contribution < -0.4 is 11.1 Å². The van der Waals surface area contributed by atoms with Crippen LogP contribution in [0.15, 0.2) is 28.0 Å². The van der Waals surface area contributed by atoms with Gasteiger partial charge in [-0.25, -0.2) is 4.79 Å². The van der Waals surface area contributed by atoms with Gasteiger partial charge in [-0.05, 0) is 12.1 Å². The molecule has 2 amide bonds. The van der Waals surface area contributed by atoms with Gasteiger partial charge in [0.15, 0.2) is 0 Å². The molecule has 9 nitrogen and oxygen atoms in total. The predicted octanol–water partition coefficient (Wildman–Crippen LogP) is -0.329. The monoisotopic (exact) mass is 296 g/mol. The smallest absolute Gasteiger partial charge is 0.316 e. The summed E-state index contributed by atoms with van der Waals surface area (Å²) < 4.78 is 61.9. The number of carbonyl (C=O) groups is 1. The molecule has 0 aliphatic carbocycles. The first-order chi connectivity index (χ1) is 8.03. The third kappa shape index (κ3) is 3.16. The van der Waals surface area contributed by atoms with E-state index in [1.807, 2.05) is 5.32 Å². The number of benzene rings is 1. The van der Waals surface area contributed by atoms with Gasteiger partial charge in [-0.15, -0.1) is 0 Å². The molecule has 1 rings (SSSR count). The topological polar surface area (TPSA) is 164 Å². The minimum atomic E-state index is -5.00. The maximum absolute atomic E-state index is 11.1. The number of nitrogens with two attached hydrogens (primary N) is 1. The predicted molar refractivity (Wildman–Crippen MR) is 59.3 cm³/mol. The van der Waals surface area contributed by atoms with E-state index in [0.29, 0.717) is 0 Å². The van der Waals surface area contributed by atoms with Gasteiger partial charge in [0.05, 0.1) is 5.69 Å². The molecule has 0 saturated carbocycles. The largest absolute Gasteiger partial charge is 0.351 e. The molecule has 0 unspecified atom stereocenters. The van der Waals surface area contributed by atoms with Crippen molar-refractivity contribution in [3.63, 3.8) is 0 Å². The highest BCUT2D eigenvalue weighted by Gasteiger charge is 2.27. The second-order valence-corrected chi connectivity index (χ2v) is 5.82. The number of hydrogen-bond donors (Lipinski definition) is 4. The molecular weight excluding hydrogens is 288 g/mol. The summed E-state index contributed by atoms with van der Waals surface area (Å²) in [5.41, 5.74) is 4.19. The lowest BCUT2D eigenvalue weighted by molar-refractivity contribution is 0.259. The molecule has 11 heteroatoms. The van der Waals surface area contributed by atoms with E-state index >= 15 is 0 Å². The van der Waals surface area contributed by atoms with Crippen molar-refractivity contribution in [2.75, 3.05) is 5.32 Å². The van der Waals surface area contributed by atoms with Crippen molar-refractivity contribution in [3.8, 4) is 0 Å². The van der Waals surface area contributed by atoms with Gasteiger partial charge < -0.3 is 11.1 Å². The maximum Gasteiger partial charge on any atom is 0.316 e. The highest BCUT2D eigenvalue weighted by atomic mass is 32.2. The Hall–Kier alpha value is -1.69. The lowest BCUT2D eigenvalue weighted by atomic mass is 10.3. The van der Waals surface area contributed by atoms with Crippen molar-refractivity contribution < 1.29 is 30.7 Å². The number of amides is 2. The van der Waals surface area contributed by atoms with Gasteiger partial charge in [0.1, 0.15) is 9.79 Å². The number of urea groups is 1. The summed E-state index contributed by atoms with van der Waals surface area (Å²) >= 11 is 0. The standard InChI is InChI=1S/C7H8N2O7S2/c8-7(10)9-4-2-1-3-5(17(11,12)13)6(4)18(14,15)16/h1-3H,(H3,8,9,10)(H,11,12,13)(H,14,15,16). The number of hydrogen-bond acceptors (Lipinski definition) is 5. The first-order valence-corrected chi connectivity index (χ1v) is 7.06. The third-order valence-corrected chi connectivity index (χ3v) is 3.75. The summed E-state index contributed by atoms with van der Waals surface area (Å²) in [6, 6.07) is 1.60. The van der Waals surface area contributed by atoms with E-state index in [-0.39, 0.29) is 0 Å². The van der Waals surface area contributed by atoms with E-state index in [4.69, 9.17) is 14.8 Å². The average Bonchev–Trinajstić information content (AvgIpc) is 2.13. The lowest BCUT2D eigenvalue weighted by Gasteiger charge is -2.10. The van der Waals surface area contributed by atoms with Gasteiger partial charge in [0.25, 0.3) is 20.2 Å². The molecule has 5 N–H and O–H groups in total. The second kappa shape index (κ2) is 4.53. The molecule has 0 spiro atoms. The van der Waals surface area contributed by atoms with Gasteiger partial charge >= 0.3 is 6.03 Å². The van der Waals surface area contributed by atoms with Crippen LogP contribution in [-0.4, -0.2) is 32.0 Å². The SMILES string of the molecule is NC(=O)Nc1cccc(S(=O)(=O)O)c1S(=O)(=O)O. The Morgan fingerprint density at radius 2 is 1.67 bits per heavy atom. The van der Waals surface area contributed by atoms with Crippen molar-refractivity contribution in [3.05, 3.63) is 18.2 Å². The van der Waals surface area contributed by atoms with Gasteiger partial charge in [0.2, 0.25) is 0 Å². The van der Waals surface area contributed by atoms with Crippen LogP contribution in [-0.2, 0) is 20.2 Å². The van der Waals surface area contributed by atoms with Crippen LogP contribution in [0.2, 0.25) is 0 Å². The fourth-order valence-corrected chi connectivity index (χ4v) is 3.16. The minimum Gasteiger partial charge on any atom is -0.351 e. The van der Waals surface area contributed by atoms with Gasteiger partial charge in [0, 0.05) is 0 Å². The molecule has 18 heavy (non-hydrogen) atoms. The molecule has 0 fully saturated rings. The molecular formula is C7H8N2O7S2. The second-order valence-electron chi connectivity index (χ2n) is 3.07. The van der Waals surface area contributed by atoms with Crippen molar-refractivity contribution in [2.24, 2.45) is 5.73 Å². The zero-order chi connectivity index (χ0) is 14.1. The van der Waals surface area contributed by atoms with Crippen LogP contribution in [0.25, 0.3) is 0 Å². The number of nitrogens with one attached hydrogen (secondary N) is 1. The fourth-order valence-electron chi connectivity index (χ4n) is 1.22. The first-order valence-electron chi connectivity index (χ1n) is 4.18. The van der Waals surface area contributed by atoms with E-state index in [9.17, 15) is 21.6 Å². The van der Waals surface area contributed by atoms with Crippen molar-refractivity contribution in [1.29, 1.82) is 0 Å². The van der Waals surface area contributed by atoms with Crippen LogP contribution in [0.4, 0.5) is 10.5 Å². The van der Waals surface area contributed by atoms with Crippen LogP contribution in [0.3, 0.4) is 0 Å². The van der Waals surface area contributed by atoms with Gasteiger partial charge in [-0.3, -0.25) is 9.11 Å². The summed E-state index contributed by atoms with van der Waals surface area (Å²) in [6.07, 6.45) is 0. The Bertz CT molecular complexity index is 693. The number of primary amides is 1. The summed E-state index contributed by atoms with van der Waals surface area (Å²) in [4.78, 5) is 8.40. The number of anilines is 1. The molecule has 1 aromatic rings. The Morgan fingerprint density at radius 3 is 2.06 bits per heavy atom. The van der Waals surface area contributed by atoms with E-state index in [1.165, 1.54) is 0 Å². The Labute approximate surface area is 102 Å². The van der Waals surface area contributed by atoms with Crippen LogP contribution in [0.5, 0.6) is 0 Å². The lowest BCUT2D eigenvalue weighted by Crippen LogP contribution is -2.22. The summed E-state index contributed by atoms with van der Waals surface area (Å²) in [6.45, 7) is 0. The molecule has 0 aliphatic heterocycles. The maximum atomic E-state index is 11.1. The summed E-state index contributed by atoms with van der Waals surface area (Å²) in [7, 11) is -9.91. The Kier molecular flexibility index (Phi) is 3.62. The average molecular weight is 296 g/mol. The van der Waals surface area contributed by atoms with Crippen molar-refractivity contribution in [2.45, 2.75) is 9.79 Å². The molecule has 0 bridgehead atoms. The molecule has 0 aliphatic rings. The molecule has 0 saturated heterocycles. The van der Waals surface area contributed by atoms with E-state index in [0.717, 1.165) is 18.2 Å². The molecule has 0 atom stereocenters. The molecule has 1 aromatic carbocycles. The fraction of sp³-hybridized carbons (Fsp3) is 0. The molecule has 0 heterocycles. The normalized spacial score (nSPS) is 12.1. The zero-order valence-corrected chi connectivity index (χ0v) is 10.2. The van der Waals surface area contributed by atoms with Crippen molar-refractivity contribution >= 4 is 32.0 Å². The highest BCUT2D eigenvalue weighted by molar-refractivity contribution is 7.89. The Balaban J connectivity index is 3.72. The van der Waals surface area contributed by atoms with Crippen LogP contribution >= 0.6 is 0 Å². The number of rotatable bonds is 3. The minimum absolute atomic E-state index is 0.569. The first kappa shape index (κ1) is 14.4. The van der Waals surface area contributed by atoms with Gasteiger partial charge in [-0.1, -0.05) is 6.07 Å². The summed E-state index contributed by atoms with van der Waals surface area (Å²) in [5.74, 6) is 0. The van der Waals surface area contributed by atoms with Crippen LogP contribution in [0, 0.1) is 0 Å². The molecule has 0 aromatic heterocycles. The quantitative estimate of drug-likeness (QED) is 0.554. The zero-order valence-electron chi connectivity index (χ0n) is 8.56. The van der Waals surface area contributed by atoms with Crippen molar-refractivity contribution in [1.82, 2.24) is 0 Å². The Morgan fingerprint density at radius 1 is 1.11 bits per heavy atom. The molecule has 100 valence electrons. The van der Waals surface area contributed by atoms with Crippen LogP contribution in [0.1, 0.15) is 0 Å². The summed E-state index contributed by atoms with van der Waals surface area (Å²) in [5, 5.41) is 1.82. The molecule has 0 radical (unpaired) electrons. The third-order valence-electron chi connectivity index (χ3n) is 1.77. The number of carbonyl (C=O) groups excluding carboxylic acids is 1. The van der Waals surface area contributed by atoms with E-state index in [2.05, 4.69) is 0 Å². The van der Waals surface area contributed by atoms with Gasteiger partial charge in [-0.2, -0.15) is 16.8 Å².